The van der Waals surface area contributed by atoms with Gasteiger partial charge in [0, 0.05) is 33.4 Å². The molecule has 2 heteroatoms. The Morgan fingerprint density at radius 1 is 0.333 bits per heavy atom. The quantitative estimate of drug-likeness (QED) is 0.176. The summed E-state index contributed by atoms with van der Waals surface area (Å²) in [4.78, 5) is 2.35. The summed E-state index contributed by atoms with van der Waals surface area (Å²) in [6.45, 7) is 0. The Hall–Kier alpha value is -7.42. The van der Waals surface area contributed by atoms with Crippen molar-refractivity contribution in [2.24, 2.45) is 0 Å². The van der Waals surface area contributed by atoms with E-state index in [4.69, 9.17) is 4.42 Å². The third-order valence-corrected chi connectivity index (χ3v) is 12.3. The SMILES string of the molecule is c1ccc(-c2ccc(N(c3ccccc3)c3ccc4oc5cc6c(c(-c7ccccc7)c5c4c3)-c3ccccc3C63c4ccccc4-c4ccccc43)cc2)cc1. The molecule has 0 atom stereocenters. The number of furan rings is 1. The van der Waals surface area contributed by atoms with Gasteiger partial charge in [-0.05, 0) is 110 Å². The summed E-state index contributed by atoms with van der Waals surface area (Å²) in [7, 11) is 0. The highest BCUT2D eigenvalue weighted by atomic mass is 16.3. The summed E-state index contributed by atoms with van der Waals surface area (Å²) in [6.07, 6.45) is 0. The summed E-state index contributed by atoms with van der Waals surface area (Å²) in [5.74, 6) is 0. The monoisotopic (exact) mass is 725 g/mol. The zero-order valence-corrected chi connectivity index (χ0v) is 31.1. The first-order chi connectivity index (χ1) is 28.3. The number of rotatable bonds is 5. The highest BCUT2D eigenvalue weighted by Crippen LogP contribution is 2.65. The van der Waals surface area contributed by atoms with Crippen LogP contribution in [0.3, 0.4) is 0 Å². The summed E-state index contributed by atoms with van der Waals surface area (Å²) in [6, 6.07) is 77.1. The van der Waals surface area contributed by atoms with Crippen LogP contribution in [0, 0.1) is 0 Å². The Kier molecular flexibility index (Phi) is 6.88. The number of nitrogens with zero attached hydrogens (tertiary/aromatic N) is 1. The van der Waals surface area contributed by atoms with Crippen LogP contribution < -0.4 is 4.90 Å². The van der Waals surface area contributed by atoms with Gasteiger partial charge in [-0.25, -0.2) is 0 Å². The van der Waals surface area contributed by atoms with Crippen LogP contribution in [0.4, 0.5) is 17.1 Å². The fraction of sp³-hybridized carbons (Fsp3) is 0.0182. The second-order valence-corrected chi connectivity index (χ2v) is 15.2. The molecule has 12 rings (SSSR count). The Morgan fingerprint density at radius 2 is 0.825 bits per heavy atom. The first kappa shape index (κ1) is 31.9. The maximum Gasteiger partial charge on any atom is 0.136 e. The van der Waals surface area contributed by atoms with E-state index in [9.17, 15) is 0 Å². The minimum absolute atomic E-state index is 0.475. The molecule has 0 saturated carbocycles. The van der Waals surface area contributed by atoms with E-state index in [2.05, 4.69) is 217 Å². The van der Waals surface area contributed by atoms with Crippen LogP contribution in [-0.4, -0.2) is 0 Å². The van der Waals surface area contributed by atoms with Crippen LogP contribution in [-0.2, 0) is 5.41 Å². The van der Waals surface area contributed by atoms with E-state index < -0.39 is 5.41 Å². The minimum atomic E-state index is -0.475. The van der Waals surface area contributed by atoms with Crippen molar-refractivity contribution in [1.82, 2.24) is 0 Å². The maximum atomic E-state index is 7.01. The highest BCUT2D eigenvalue weighted by Gasteiger charge is 2.52. The third-order valence-electron chi connectivity index (χ3n) is 12.3. The Balaban J connectivity index is 1.14. The molecule has 1 spiro atoms. The maximum absolute atomic E-state index is 7.01. The van der Waals surface area contributed by atoms with Gasteiger partial charge in [0.25, 0.3) is 0 Å². The lowest BCUT2D eigenvalue weighted by atomic mass is 9.70. The highest BCUT2D eigenvalue weighted by molar-refractivity contribution is 6.19. The molecule has 0 amide bonds. The number of para-hydroxylation sites is 1. The first-order valence-electron chi connectivity index (χ1n) is 19.7. The van der Waals surface area contributed by atoms with E-state index >= 15 is 0 Å². The van der Waals surface area contributed by atoms with Gasteiger partial charge in [-0.3, -0.25) is 0 Å². The average Bonchev–Trinajstić information content (AvgIpc) is 3.91. The van der Waals surface area contributed by atoms with Crippen molar-refractivity contribution in [2.75, 3.05) is 4.90 Å². The standard InChI is InChI=1S/C55H35NO/c1-4-16-36(17-5-1)37-28-30-40(31-29-37)56(39-20-8-3-9-21-39)41-32-33-50-45(34-41)54-51(57-50)35-49-53(52(54)38-18-6-2-7-19-38)44-24-12-15-27-48(44)55(49)46-25-13-10-22-42(46)43-23-11-14-26-47(43)55/h1-35H. The molecule has 0 fully saturated rings. The van der Waals surface area contributed by atoms with Gasteiger partial charge >= 0.3 is 0 Å². The zero-order valence-electron chi connectivity index (χ0n) is 31.1. The van der Waals surface area contributed by atoms with Crippen LogP contribution in [0.25, 0.3) is 66.4 Å². The Labute approximate surface area is 331 Å². The second-order valence-electron chi connectivity index (χ2n) is 15.2. The van der Waals surface area contributed by atoms with Gasteiger partial charge in [0.05, 0.1) is 5.41 Å². The molecule has 0 unspecified atom stereocenters. The van der Waals surface area contributed by atoms with Crippen molar-refractivity contribution in [3.8, 4) is 44.5 Å². The van der Waals surface area contributed by atoms with E-state index in [1.165, 1.54) is 66.8 Å². The van der Waals surface area contributed by atoms with Crippen LogP contribution in [0.1, 0.15) is 22.3 Å². The molecule has 2 nitrogen and oxygen atoms in total. The van der Waals surface area contributed by atoms with E-state index in [0.717, 1.165) is 39.0 Å². The molecule has 0 N–H and O–H groups in total. The molecular formula is C55H35NO. The minimum Gasteiger partial charge on any atom is -0.456 e. The molecule has 9 aromatic carbocycles. The fourth-order valence-electron chi connectivity index (χ4n) is 9.98. The molecule has 266 valence electrons. The molecule has 0 bridgehead atoms. The normalized spacial score (nSPS) is 13.1. The van der Waals surface area contributed by atoms with Crippen molar-refractivity contribution >= 4 is 39.0 Å². The van der Waals surface area contributed by atoms with Crippen molar-refractivity contribution in [3.05, 3.63) is 235 Å². The zero-order chi connectivity index (χ0) is 37.5. The average molecular weight is 726 g/mol. The lowest BCUT2D eigenvalue weighted by Gasteiger charge is -2.30. The van der Waals surface area contributed by atoms with Crippen LogP contribution in [0.5, 0.6) is 0 Å². The van der Waals surface area contributed by atoms with Crippen molar-refractivity contribution in [2.45, 2.75) is 5.41 Å². The van der Waals surface area contributed by atoms with Crippen molar-refractivity contribution < 1.29 is 4.42 Å². The van der Waals surface area contributed by atoms with Gasteiger partial charge in [0.1, 0.15) is 11.2 Å². The van der Waals surface area contributed by atoms with Gasteiger partial charge in [0.15, 0.2) is 0 Å². The summed E-state index contributed by atoms with van der Waals surface area (Å²) >= 11 is 0. The van der Waals surface area contributed by atoms with Crippen molar-refractivity contribution in [3.63, 3.8) is 0 Å². The predicted molar refractivity (Wildman–Crippen MR) is 236 cm³/mol. The van der Waals surface area contributed by atoms with Crippen LogP contribution >= 0.6 is 0 Å². The molecule has 2 aliphatic carbocycles. The molecule has 0 aliphatic heterocycles. The fourth-order valence-corrected chi connectivity index (χ4v) is 9.98. The summed E-state index contributed by atoms with van der Waals surface area (Å²) in [5.41, 5.74) is 19.7. The van der Waals surface area contributed by atoms with Crippen LogP contribution in [0.15, 0.2) is 217 Å². The number of anilines is 3. The topological polar surface area (TPSA) is 16.4 Å². The number of benzene rings is 9. The first-order valence-corrected chi connectivity index (χ1v) is 19.7. The van der Waals surface area contributed by atoms with E-state index in [-0.39, 0.29) is 0 Å². The van der Waals surface area contributed by atoms with E-state index in [0.29, 0.717) is 0 Å². The van der Waals surface area contributed by atoms with Gasteiger partial charge in [-0.1, -0.05) is 164 Å². The van der Waals surface area contributed by atoms with E-state index in [1.807, 2.05) is 0 Å². The molecule has 10 aromatic rings. The van der Waals surface area contributed by atoms with Gasteiger partial charge in [-0.2, -0.15) is 0 Å². The second kappa shape index (κ2) is 12.3. The van der Waals surface area contributed by atoms with Gasteiger partial charge in [0.2, 0.25) is 0 Å². The largest absolute Gasteiger partial charge is 0.456 e. The summed E-state index contributed by atoms with van der Waals surface area (Å²) < 4.78 is 7.01. The van der Waals surface area contributed by atoms with Crippen molar-refractivity contribution in [1.29, 1.82) is 0 Å². The molecule has 0 saturated heterocycles. The van der Waals surface area contributed by atoms with E-state index in [1.54, 1.807) is 0 Å². The predicted octanol–water partition coefficient (Wildman–Crippen LogP) is 14.7. The molecule has 0 radical (unpaired) electrons. The molecule has 57 heavy (non-hydrogen) atoms. The smallest absolute Gasteiger partial charge is 0.136 e. The molecule has 2 aliphatic rings. The lowest BCUT2D eigenvalue weighted by Crippen LogP contribution is -2.25. The Morgan fingerprint density at radius 3 is 1.47 bits per heavy atom. The molecular weight excluding hydrogens is 691 g/mol. The van der Waals surface area contributed by atoms with Crippen LogP contribution in [0.2, 0.25) is 0 Å². The number of fused-ring (bicyclic) bond motifs is 13. The number of hydrogen-bond donors (Lipinski definition) is 0. The third kappa shape index (κ3) is 4.53. The Bertz CT molecular complexity index is 3120. The molecule has 1 heterocycles. The summed E-state index contributed by atoms with van der Waals surface area (Å²) in [5, 5.41) is 2.23. The number of hydrogen-bond acceptors (Lipinski definition) is 2. The van der Waals surface area contributed by atoms with Gasteiger partial charge in [-0.15, -0.1) is 0 Å². The lowest BCUT2D eigenvalue weighted by molar-refractivity contribution is 0.666. The molecule has 1 aromatic heterocycles. The van der Waals surface area contributed by atoms with Gasteiger partial charge < -0.3 is 9.32 Å².